The van der Waals surface area contributed by atoms with E-state index in [4.69, 9.17) is 17.0 Å². The summed E-state index contributed by atoms with van der Waals surface area (Å²) in [7, 11) is 0. The van der Waals surface area contributed by atoms with Gasteiger partial charge in [-0.3, -0.25) is 4.39 Å². The lowest BCUT2D eigenvalue weighted by Gasteiger charge is -2.30. The van der Waals surface area contributed by atoms with E-state index >= 15 is 0 Å². The molecule has 1 saturated heterocycles. The number of nitrogens with zero attached hydrogens (tertiary/aromatic N) is 2. The average Bonchev–Trinajstić information content (AvgIpc) is 2.15. The van der Waals surface area contributed by atoms with Crippen LogP contribution in [0.2, 0.25) is 0 Å². The first-order valence-electron chi connectivity index (χ1n) is 4.06. The van der Waals surface area contributed by atoms with Crippen molar-refractivity contribution < 1.29 is 14.3 Å². The molecule has 0 aromatic rings. The van der Waals surface area contributed by atoms with Crippen molar-refractivity contribution in [3.05, 3.63) is 0 Å². The van der Waals surface area contributed by atoms with Crippen molar-refractivity contribution in [2.45, 2.75) is 25.3 Å². The second-order valence-corrected chi connectivity index (χ2v) is 3.00. The monoisotopic (exact) mass is 206 g/mol. The lowest BCUT2D eigenvalue weighted by atomic mass is 10.0. The van der Waals surface area contributed by atoms with Gasteiger partial charge in [-0.15, -0.1) is 0 Å². The SMILES string of the molecule is O=C(O)N1CCCCC1C=NOCl. The van der Waals surface area contributed by atoms with Crippen molar-refractivity contribution in [2.75, 3.05) is 6.54 Å². The zero-order valence-corrected chi connectivity index (χ0v) is 7.78. The first-order chi connectivity index (χ1) is 6.25. The summed E-state index contributed by atoms with van der Waals surface area (Å²) >= 11 is 4.88. The fourth-order valence-electron chi connectivity index (χ4n) is 1.44. The van der Waals surface area contributed by atoms with Crippen molar-refractivity contribution in [1.29, 1.82) is 0 Å². The Balaban J connectivity index is 2.56. The van der Waals surface area contributed by atoms with Gasteiger partial charge in [-0.2, -0.15) is 0 Å². The van der Waals surface area contributed by atoms with Crippen LogP contribution < -0.4 is 0 Å². The lowest BCUT2D eigenvalue weighted by Crippen LogP contribution is -2.43. The molecule has 1 amide bonds. The summed E-state index contributed by atoms with van der Waals surface area (Å²) in [4.78, 5) is 12.1. The second kappa shape index (κ2) is 4.91. The Bertz CT molecular complexity index is 210. The van der Waals surface area contributed by atoms with Crippen molar-refractivity contribution in [3.8, 4) is 0 Å². The molecule has 0 spiro atoms. The Kier molecular flexibility index (Phi) is 3.82. The zero-order chi connectivity index (χ0) is 9.68. The molecule has 1 fully saturated rings. The van der Waals surface area contributed by atoms with Crippen molar-refractivity contribution in [2.24, 2.45) is 5.16 Å². The zero-order valence-electron chi connectivity index (χ0n) is 7.02. The Morgan fingerprint density at radius 1 is 1.69 bits per heavy atom. The molecule has 1 unspecified atom stereocenters. The number of oxime groups is 1. The van der Waals surface area contributed by atoms with Gasteiger partial charge in [0.25, 0.3) is 0 Å². The number of rotatable bonds is 2. The molecule has 0 aromatic heterocycles. The summed E-state index contributed by atoms with van der Waals surface area (Å²) < 4.78 is 3.99. The van der Waals surface area contributed by atoms with E-state index in [-0.39, 0.29) is 6.04 Å². The van der Waals surface area contributed by atoms with Crippen LogP contribution in [0.1, 0.15) is 19.3 Å². The molecular formula is C7H11ClN2O3. The first kappa shape index (κ1) is 10.1. The average molecular weight is 207 g/mol. The number of halogens is 1. The normalized spacial score (nSPS) is 23.5. The van der Waals surface area contributed by atoms with Gasteiger partial charge in [0.15, 0.2) is 11.9 Å². The molecule has 1 aliphatic heterocycles. The smallest absolute Gasteiger partial charge is 0.407 e. The van der Waals surface area contributed by atoms with E-state index < -0.39 is 6.09 Å². The summed E-state index contributed by atoms with van der Waals surface area (Å²) in [5, 5.41) is 12.2. The van der Waals surface area contributed by atoms with Crippen molar-refractivity contribution >= 4 is 24.2 Å². The molecule has 0 saturated carbocycles. The molecule has 6 heteroatoms. The first-order valence-corrected chi connectivity index (χ1v) is 4.37. The standard InChI is InChI=1S/C7H11ClN2O3/c8-13-9-5-6-3-1-2-4-10(6)7(11)12/h5-6H,1-4H2,(H,11,12). The maximum absolute atomic E-state index is 10.7. The van der Waals surface area contributed by atoms with Crippen LogP contribution in [0.3, 0.4) is 0 Å². The number of carboxylic acid groups (broad SMARTS) is 1. The molecule has 0 radical (unpaired) electrons. The number of carbonyl (C=O) groups is 1. The summed E-state index contributed by atoms with van der Waals surface area (Å²) in [5.74, 6) is 0. The largest absolute Gasteiger partial charge is 0.465 e. The van der Waals surface area contributed by atoms with E-state index in [9.17, 15) is 4.79 Å². The van der Waals surface area contributed by atoms with E-state index in [2.05, 4.69) is 9.55 Å². The van der Waals surface area contributed by atoms with E-state index in [1.807, 2.05) is 0 Å². The van der Waals surface area contributed by atoms with Gasteiger partial charge >= 0.3 is 6.09 Å². The van der Waals surface area contributed by atoms with Gasteiger partial charge in [-0.1, -0.05) is 5.16 Å². The highest BCUT2D eigenvalue weighted by molar-refractivity contribution is 6.07. The topological polar surface area (TPSA) is 62.1 Å². The van der Waals surface area contributed by atoms with Gasteiger partial charge in [-0.25, -0.2) is 4.79 Å². The minimum atomic E-state index is -0.925. The Morgan fingerprint density at radius 3 is 3.08 bits per heavy atom. The predicted molar refractivity (Wildman–Crippen MR) is 47.8 cm³/mol. The molecule has 1 aliphatic rings. The molecule has 1 rings (SSSR count). The maximum atomic E-state index is 10.7. The summed E-state index contributed by atoms with van der Waals surface area (Å²) in [6, 6.07) is -0.204. The van der Waals surface area contributed by atoms with Crippen LogP contribution in [0.25, 0.3) is 0 Å². The molecular weight excluding hydrogens is 196 g/mol. The minimum absolute atomic E-state index is 0.204. The molecule has 5 nitrogen and oxygen atoms in total. The molecule has 0 aromatic carbocycles. The number of amides is 1. The molecule has 0 bridgehead atoms. The Labute approximate surface area is 81.1 Å². The van der Waals surface area contributed by atoms with Crippen LogP contribution in [0.4, 0.5) is 4.79 Å². The fraction of sp³-hybridized carbons (Fsp3) is 0.714. The van der Waals surface area contributed by atoms with Gasteiger partial charge in [0.1, 0.15) is 0 Å². The van der Waals surface area contributed by atoms with Crippen LogP contribution in [0.15, 0.2) is 5.16 Å². The van der Waals surface area contributed by atoms with Gasteiger partial charge < -0.3 is 10.0 Å². The number of likely N-dealkylation sites (tertiary alicyclic amines) is 1. The van der Waals surface area contributed by atoms with Crippen molar-refractivity contribution in [3.63, 3.8) is 0 Å². The molecule has 1 N–H and O–H groups in total. The lowest BCUT2D eigenvalue weighted by molar-refractivity contribution is 0.124. The third kappa shape index (κ3) is 2.77. The van der Waals surface area contributed by atoms with Gasteiger partial charge in [0.05, 0.1) is 12.3 Å². The van der Waals surface area contributed by atoms with Crippen LogP contribution in [0.5, 0.6) is 0 Å². The highest BCUT2D eigenvalue weighted by Crippen LogP contribution is 2.15. The highest BCUT2D eigenvalue weighted by atomic mass is 35.5. The Hall–Kier alpha value is -0.970. The predicted octanol–water partition coefficient (Wildman–Crippen LogP) is 1.68. The quantitative estimate of drug-likeness (QED) is 0.552. The van der Waals surface area contributed by atoms with Gasteiger partial charge in [-0.05, 0) is 19.3 Å². The van der Waals surface area contributed by atoms with Crippen LogP contribution in [-0.2, 0) is 4.39 Å². The number of hydrogen-bond donors (Lipinski definition) is 1. The van der Waals surface area contributed by atoms with Gasteiger partial charge in [0, 0.05) is 6.54 Å². The minimum Gasteiger partial charge on any atom is -0.465 e. The third-order valence-electron chi connectivity index (χ3n) is 2.07. The molecule has 0 aliphatic carbocycles. The van der Waals surface area contributed by atoms with Crippen LogP contribution in [0, 0.1) is 0 Å². The second-order valence-electron chi connectivity index (χ2n) is 2.86. The third-order valence-corrected chi connectivity index (χ3v) is 2.15. The van der Waals surface area contributed by atoms with E-state index in [0.29, 0.717) is 6.54 Å². The molecule has 1 atom stereocenters. The van der Waals surface area contributed by atoms with E-state index in [1.54, 1.807) is 0 Å². The Morgan fingerprint density at radius 2 is 2.46 bits per heavy atom. The highest BCUT2D eigenvalue weighted by Gasteiger charge is 2.24. The molecule has 13 heavy (non-hydrogen) atoms. The molecule has 74 valence electrons. The molecule has 1 heterocycles. The summed E-state index contributed by atoms with van der Waals surface area (Å²) in [5.41, 5.74) is 0. The van der Waals surface area contributed by atoms with E-state index in [0.717, 1.165) is 19.3 Å². The number of hydrogen-bond acceptors (Lipinski definition) is 3. The maximum Gasteiger partial charge on any atom is 0.407 e. The fourth-order valence-corrected chi connectivity index (χ4v) is 1.49. The number of piperidine rings is 1. The van der Waals surface area contributed by atoms with Crippen molar-refractivity contribution in [1.82, 2.24) is 4.90 Å². The van der Waals surface area contributed by atoms with Crippen LogP contribution in [-0.4, -0.2) is 34.9 Å². The van der Waals surface area contributed by atoms with Gasteiger partial charge in [0.2, 0.25) is 0 Å². The van der Waals surface area contributed by atoms with E-state index in [1.165, 1.54) is 11.1 Å². The summed E-state index contributed by atoms with van der Waals surface area (Å²) in [6.07, 6.45) is 3.17. The van der Waals surface area contributed by atoms with Crippen LogP contribution >= 0.6 is 11.9 Å². The summed E-state index contributed by atoms with van der Waals surface area (Å²) in [6.45, 7) is 0.550.